The average molecular weight is 483 g/mol. The number of hydrogen-bond donors (Lipinski definition) is 0. The molecular weight excluding hydrogens is 450 g/mol. The third-order valence-electron chi connectivity index (χ3n) is 7.03. The van der Waals surface area contributed by atoms with E-state index in [2.05, 4.69) is 28.6 Å². The molecule has 2 aromatic heterocycles. The molecule has 9 heteroatoms. The number of hydrogen-bond acceptors (Lipinski definition) is 5. The van der Waals surface area contributed by atoms with Gasteiger partial charge in [0.25, 0.3) is 0 Å². The minimum Gasteiger partial charge on any atom is -0.369 e. The molecule has 0 saturated carbocycles. The van der Waals surface area contributed by atoms with E-state index in [1.807, 2.05) is 31.9 Å². The smallest absolute Gasteiger partial charge is 0.228 e. The topological polar surface area (TPSA) is 57.5 Å². The second kappa shape index (κ2) is 8.46. The highest BCUT2D eigenvalue weighted by Gasteiger charge is 2.38. The van der Waals surface area contributed by atoms with E-state index in [0.29, 0.717) is 24.4 Å². The van der Waals surface area contributed by atoms with Gasteiger partial charge in [0.2, 0.25) is 5.91 Å². The first-order valence-corrected chi connectivity index (χ1v) is 12.2. The number of amides is 1. The molecule has 7 nitrogen and oxygen atoms in total. The lowest BCUT2D eigenvalue weighted by molar-refractivity contribution is -0.142. The van der Waals surface area contributed by atoms with Gasteiger partial charge in [-0.3, -0.25) is 9.36 Å². The van der Waals surface area contributed by atoms with Crippen molar-refractivity contribution in [1.82, 2.24) is 19.4 Å². The predicted molar refractivity (Wildman–Crippen MR) is 133 cm³/mol. The first-order valence-electron chi connectivity index (χ1n) is 12.2. The van der Waals surface area contributed by atoms with E-state index in [4.69, 9.17) is 4.98 Å². The van der Waals surface area contributed by atoms with Crippen LogP contribution in [0.3, 0.4) is 0 Å². The van der Waals surface area contributed by atoms with Gasteiger partial charge in [-0.2, -0.15) is 0 Å². The monoisotopic (exact) mass is 482 g/mol. The zero-order valence-electron chi connectivity index (χ0n) is 20.9. The number of fused-ring (bicyclic) bond motifs is 1. The van der Waals surface area contributed by atoms with Crippen molar-refractivity contribution in [2.45, 2.75) is 53.1 Å². The Kier molecular flexibility index (Phi) is 5.68. The molecule has 1 aromatic carbocycles. The van der Waals surface area contributed by atoms with Gasteiger partial charge in [-0.1, -0.05) is 20.8 Å². The Labute approximate surface area is 204 Å². The molecular formula is C26H32F2N6O. The highest BCUT2D eigenvalue weighted by molar-refractivity contribution is 6.01. The van der Waals surface area contributed by atoms with Crippen LogP contribution in [-0.2, 0) is 4.79 Å². The first kappa shape index (κ1) is 23.5. The fraction of sp³-hybridized carbons (Fsp3) is 0.500. The first-order chi connectivity index (χ1) is 16.5. The molecule has 2 saturated heterocycles. The maximum Gasteiger partial charge on any atom is 0.228 e. The molecule has 2 aliphatic rings. The molecule has 5 rings (SSSR count). The number of benzene rings is 1. The van der Waals surface area contributed by atoms with Gasteiger partial charge in [-0.25, -0.2) is 18.7 Å². The van der Waals surface area contributed by atoms with E-state index in [1.165, 1.54) is 18.5 Å². The predicted octanol–water partition coefficient (Wildman–Crippen LogP) is 4.38. The second-order valence-electron chi connectivity index (χ2n) is 10.8. The Morgan fingerprint density at radius 1 is 1.00 bits per heavy atom. The van der Waals surface area contributed by atoms with Gasteiger partial charge in [-0.05, 0) is 32.4 Å². The maximum atomic E-state index is 14.1. The van der Waals surface area contributed by atoms with Gasteiger partial charge in [-0.15, -0.1) is 0 Å². The van der Waals surface area contributed by atoms with Gasteiger partial charge in [0, 0.05) is 55.9 Å². The van der Waals surface area contributed by atoms with Gasteiger partial charge in [0.1, 0.15) is 23.8 Å². The molecule has 2 aliphatic heterocycles. The number of aromatic nitrogens is 3. The summed E-state index contributed by atoms with van der Waals surface area (Å²) in [5.41, 5.74) is 1.50. The molecule has 0 unspecified atom stereocenters. The molecule has 0 N–H and O–H groups in total. The van der Waals surface area contributed by atoms with E-state index in [1.54, 1.807) is 4.57 Å². The summed E-state index contributed by atoms with van der Waals surface area (Å²) in [5, 5.41) is 0.867. The molecule has 4 heterocycles. The maximum absolute atomic E-state index is 14.1. The molecule has 2 atom stereocenters. The van der Waals surface area contributed by atoms with Crippen LogP contribution in [0, 0.1) is 17.0 Å². The Morgan fingerprint density at radius 3 is 2.29 bits per heavy atom. The normalized spacial score (nSPS) is 20.9. The SMILES string of the molecule is C[C@@H]1CN(c2ncnc3c2c(N2CCC2)cn3-c2cc(F)cc(F)c2)[C@@H](C)CN1C(=O)C(C)(C)C. The van der Waals surface area contributed by atoms with Crippen molar-refractivity contribution in [1.29, 1.82) is 0 Å². The number of piperazine rings is 1. The third-order valence-corrected chi connectivity index (χ3v) is 7.03. The molecule has 0 radical (unpaired) electrons. The number of carbonyl (C=O) groups is 1. The summed E-state index contributed by atoms with van der Waals surface area (Å²) in [5.74, 6) is -0.341. The van der Waals surface area contributed by atoms with Crippen LogP contribution in [0.4, 0.5) is 20.3 Å². The Morgan fingerprint density at radius 2 is 1.69 bits per heavy atom. The molecule has 0 spiro atoms. The zero-order valence-corrected chi connectivity index (χ0v) is 20.9. The molecule has 35 heavy (non-hydrogen) atoms. The lowest BCUT2D eigenvalue weighted by Crippen LogP contribution is -2.60. The van der Waals surface area contributed by atoms with E-state index in [-0.39, 0.29) is 18.0 Å². The van der Waals surface area contributed by atoms with Crippen molar-refractivity contribution < 1.29 is 13.6 Å². The van der Waals surface area contributed by atoms with Gasteiger partial charge >= 0.3 is 0 Å². The minimum absolute atomic E-state index is 0.00907. The van der Waals surface area contributed by atoms with Crippen LogP contribution in [0.2, 0.25) is 0 Å². The van der Waals surface area contributed by atoms with Crippen molar-refractivity contribution in [3.8, 4) is 5.69 Å². The summed E-state index contributed by atoms with van der Waals surface area (Å²) in [4.78, 5) is 28.7. The Balaban J connectivity index is 1.60. The second-order valence-corrected chi connectivity index (χ2v) is 10.8. The molecule has 186 valence electrons. The summed E-state index contributed by atoms with van der Waals surface area (Å²) < 4.78 is 29.9. The Bertz CT molecular complexity index is 1260. The van der Waals surface area contributed by atoms with Crippen molar-refractivity contribution in [2.75, 3.05) is 36.0 Å². The molecule has 3 aromatic rings. The van der Waals surface area contributed by atoms with Gasteiger partial charge < -0.3 is 14.7 Å². The molecule has 1 amide bonds. The van der Waals surface area contributed by atoms with Crippen LogP contribution in [0.25, 0.3) is 16.7 Å². The number of halogens is 2. The van der Waals surface area contributed by atoms with Gasteiger partial charge in [0.05, 0.1) is 16.8 Å². The van der Waals surface area contributed by atoms with Crippen LogP contribution in [0.5, 0.6) is 0 Å². The van der Waals surface area contributed by atoms with Crippen LogP contribution < -0.4 is 9.80 Å². The van der Waals surface area contributed by atoms with Gasteiger partial charge in [0.15, 0.2) is 5.65 Å². The number of rotatable bonds is 3. The van der Waals surface area contributed by atoms with Crippen molar-refractivity contribution in [2.24, 2.45) is 5.41 Å². The van der Waals surface area contributed by atoms with Crippen LogP contribution >= 0.6 is 0 Å². The van der Waals surface area contributed by atoms with Crippen LogP contribution in [-0.4, -0.2) is 63.6 Å². The summed E-state index contributed by atoms with van der Waals surface area (Å²) in [6.07, 6.45) is 4.50. The number of nitrogens with zero attached hydrogens (tertiary/aromatic N) is 6. The van der Waals surface area contributed by atoms with E-state index < -0.39 is 17.0 Å². The number of carbonyl (C=O) groups excluding carboxylic acids is 1. The summed E-state index contributed by atoms with van der Waals surface area (Å²) in [6.45, 7) is 13.1. The fourth-order valence-corrected chi connectivity index (χ4v) is 5.05. The summed E-state index contributed by atoms with van der Waals surface area (Å²) in [7, 11) is 0. The standard InChI is InChI=1S/C26H32F2N6O/c1-16-13-33(25(35)26(3,4)5)17(2)12-32(16)23-22-21(31-7-6-8-31)14-34(24(22)30-15-29-23)20-10-18(27)9-19(28)11-20/h9-11,14-17H,6-8,12-13H2,1-5H3/t16-,17+/m0/s1. The Hall–Kier alpha value is -3.23. The van der Waals surface area contributed by atoms with Crippen molar-refractivity contribution in [3.63, 3.8) is 0 Å². The van der Waals surface area contributed by atoms with E-state index in [0.717, 1.165) is 42.5 Å². The molecule has 2 fully saturated rings. The van der Waals surface area contributed by atoms with Crippen molar-refractivity contribution >= 4 is 28.4 Å². The van der Waals surface area contributed by atoms with E-state index in [9.17, 15) is 13.6 Å². The molecule has 0 aliphatic carbocycles. The van der Waals surface area contributed by atoms with Crippen LogP contribution in [0.1, 0.15) is 41.0 Å². The van der Waals surface area contributed by atoms with E-state index >= 15 is 0 Å². The summed E-state index contributed by atoms with van der Waals surface area (Å²) >= 11 is 0. The quantitative estimate of drug-likeness (QED) is 0.555. The zero-order chi connectivity index (χ0) is 25.1. The fourth-order valence-electron chi connectivity index (χ4n) is 5.05. The summed E-state index contributed by atoms with van der Waals surface area (Å²) in [6, 6.07) is 3.54. The minimum atomic E-state index is -0.635. The third kappa shape index (κ3) is 4.10. The molecule has 0 bridgehead atoms. The lowest BCUT2D eigenvalue weighted by atomic mass is 9.92. The van der Waals surface area contributed by atoms with Crippen molar-refractivity contribution in [3.05, 3.63) is 42.4 Å². The highest BCUT2D eigenvalue weighted by atomic mass is 19.1. The largest absolute Gasteiger partial charge is 0.369 e. The average Bonchev–Trinajstić information content (AvgIpc) is 3.11. The highest BCUT2D eigenvalue weighted by Crippen LogP contribution is 2.39. The lowest BCUT2D eigenvalue weighted by Gasteiger charge is -2.46. The van der Waals surface area contributed by atoms with Crippen LogP contribution in [0.15, 0.2) is 30.7 Å². The number of anilines is 2.